The van der Waals surface area contributed by atoms with Crippen LogP contribution in [0.4, 0.5) is 0 Å². The van der Waals surface area contributed by atoms with Crippen LogP contribution < -0.4 is 8.92 Å². The molecule has 9 nitrogen and oxygen atoms in total. The number of carboxylic acids is 1. The van der Waals surface area contributed by atoms with Gasteiger partial charge in [0.05, 0.1) is 11.6 Å². The SMILES string of the molecule is CCOc1cc(C2C3=C(CC(C)(C)CC3=O)N(CC(=O)O)C3=C2C(=O)CC(C)(C)C3)cc(Cl)c1OS(=O)(=O)c1ccc(C)cc1. The number of halogens is 1. The summed E-state index contributed by atoms with van der Waals surface area (Å²) in [7, 11) is -4.29. The van der Waals surface area contributed by atoms with Crippen LogP contribution in [0.15, 0.2) is 63.8 Å². The third kappa shape index (κ3) is 6.40. The number of aliphatic carboxylic acids is 1. The first-order chi connectivity index (χ1) is 20.9. The van der Waals surface area contributed by atoms with Gasteiger partial charge in [-0.05, 0) is 67.3 Å². The molecule has 11 heteroatoms. The Morgan fingerprint density at radius 2 is 1.49 bits per heavy atom. The molecule has 0 saturated heterocycles. The molecule has 2 aromatic rings. The molecule has 45 heavy (non-hydrogen) atoms. The number of nitrogens with zero attached hydrogens (tertiary/aromatic N) is 1. The van der Waals surface area contributed by atoms with Crippen LogP contribution in [0.1, 0.15) is 77.3 Å². The number of carboxylic acid groups (broad SMARTS) is 1. The molecular weight excluding hydrogens is 618 g/mol. The number of ether oxygens (including phenoxy) is 1. The molecular formula is C34H38ClNO8S. The standard InChI is InChI=1S/C34H38ClNO8S/c1-7-43-27-13-20(12-22(35)32(27)44-45(41,42)21-10-8-19(2)9-11-21)29-30-23(14-33(3,4)16-25(30)37)36(18-28(39)40)24-15-34(5,6)17-26(38)31(24)29/h8-13,29H,7,14-18H2,1-6H3,(H,39,40). The fraction of sp³-hybridized carbons (Fsp3) is 0.441. The summed E-state index contributed by atoms with van der Waals surface area (Å²) in [6.45, 7) is 11.2. The maximum Gasteiger partial charge on any atom is 0.339 e. The predicted molar refractivity (Wildman–Crippen MR) is 169 cm³/mol. The highest BCUT2D eigenvalue weighted by Crippen LogP contribution is 2.55. The summed E-state index contributed by atoms with van der Waals surface area (Å²) in [6.07, 6.45) is 1.30. The van der Waals surface area contributed by atoms with Crippen molar-refractivity contribution < 1.29 is 36.8 Å². The van der Waals surface area contributed by atoms with Gasteiger partial charge < -0.3 is 18.9 Å². The smallest absolute Gasteiger partial charge is 0.339 e. The van der Waals surface area contributed by atoms with Crippen molar-refractivity contribution in [3.8, 4) is 11.5 Å². The number of hydrogen-bond donors (Lipinski definition) is 1. The monoisotopic (exact) mass is 655 g/mol. The normalized spacial score (nSPS) is 19.8. The number of carbonyl (C=O) groups excluding carboxylic acids is 2. The average molecular weight is 656 g/mol. The number of Topliss-reactive ketones (excluding diaryl/α,β-unsaturated/α-hetero) is 2. The molecule has 240 valence electrons. The highest BCUT2D eigenvalue weighted by Gasteiger charge is 2.49. The zero-order valence-electron chi connectivity index (χ0n) is 26.3. The molecule has 2 aromatic carbocycles. The van der Waals surface area contributed by atoms with Crippen molar-refractivity contribution in [3.05, 3.63) is 75.1 Å². The summed E-state index contributed by atoms with van der Waals surface area (Å²) in [6, 6.07) is 9.27. The van der Waals surface area contributed by atoms with Crippen LogP contribution in [0.5, 0.6) is 11.5 Å². The molecule has 1 heterocycles. The molecule has 5 rings (SSSR count). The third-order valence-electron chi connectivity index (χ3n) is 8.48. The van der Waals surface area contributed by atoms with E-state index in [9.17, 15) is 27.9 Å². The fourth-order valence-corrected chi connectivity index (χ4v) is 7.93. The van der Waals surface area contributed by atoms with E-state index in [1.807, 2.05) is 34.6 Å². The van der Waals surface area contributed by atoms with Crippen molar-refractivity contribution in [2.75, 3.05) is 13.2 Å². The molecule has 0 unspecified atom stereocenters. The van der Waals surface area contributed by atoms with E-state index in [1.165, 1.54) is 18.2 Å². The van der Waals surface area contributed by atoms with Crippen molar-refractivity contribution in [1.29, 1.82) is 0 Å². The van der Waals surface area contributed by atoms with Crippen LogP contribution in [-0.4, -0.2) is 49.1 Å². The molecule has 0 saturated carbocycles. The maximum atomic E-state index is 14.0. The molecule has 0 aromatic heterocycles. The van der Waals surface area contributed by atoms with Gasteiger partial charge in [0.1, 0.15) is 11.4 Å². The first-order valence-electron chi connectivity index (χ1n) is 14.9. The van der Waals surface area contributed by atoms with Gasteiger partial charge in [-0.2, -0.15) is 8.42 Å². The van der Waals surface area contributed by atoms with E-state index in [0.29, 0.717) is 40.9 Å². The molecule has 1 N–H and O–H groups in total. The number of rotatable bonds is 8. The van der Waals surface area contributed by atoms with Gasteiger partial charge in [-0.1, -0.05) is 57.0 Å². The summed E-state index contributed by atoms with van der Waals surface area (Å²) in [4.78, 5) is 41.7. The first kappa shape index (κ1) is 32.8. The molecule has 0 bridgehead atoms. The highest BCUT2D eigenvalue weighted by molar-refractivity contribution is 7.87. The van der Waals surface area contributed by atoms with Crippen LogP contribution in [0, 0.1) is 17.8 Å². The minimum atomic E-state index is -4.29. The number of ketones is 2. The van der Waals surface area contributed by atoms with Crippen molar-refractivity contribution in [3.63, 3.8) is 0 Å². The predicted octanol–water partition coefficient (Wildman–Crippen LogP) is 6.59. The molecule has 0 spiro atoms. The van der Waals surface area contributed by atoms with Crippen LogP contribution in [-0.2, 0) is 24.5 Å². The molecule has 1 aliphatic heterocycles. The fourth-order valence-electron chi connectivity index (χ4n) is 6.67. The van der Waals surface area contributed by atoms with Gasteiger partial charge in [-0.25, -0.2) is 0 Å². The average Bonchev–Trinajstić information content (AvgIpc) is 2.90. The lowest BCUT2D eigenvalue weighted by Crippen LogP contribution is -2.45. The summed E-state index contributed by atoms with van der Waals surface area (Å²) in [5.41, 5.74) is 2.38. The van der Waals surface area contributed by atoms with Gasteiger partial charge in [0.2, 0.25) is 5.75 Å². The second-order valence-corrected chi connectivity index (χ2v) is 15.6. The van der Waals surface area contributed by atoms with Gasteiger partial charge in [0.25, 0.3) is 0 Å². The lowest BCUT2D eigenvalue weighted by molar-refractivity contribution is -0.138. The second kappa shape index (κ2) is 11.6. The molecule has 0 amide bonds. The Kier molecular flexibility index (Phi) is 8.46. The summed E-state index contributed by atoms with van der Waals surface area (Å²) >= 11 is 6.76. The van der Waals surface area contributed by atoms with Gasteiger partial charge >= 0.3 is 16.1 Å². The van der Waals surface area contributed by atoms with E-state index in [-0.39, 0.29) is 59.0 Å². The van der Waals surface area contributed by atoms with Crippen molar-refractivity contribution in [1.82, 2.24) is 4.90 Å². The Bertz CT molecular complexity index is 1720. The number of benzene rings is 2. The number of hydrogen-bond acceptors (Lipinski definition) is 8. The Labute approximate surface area is 269 Å². The molecule has 0 radical (unpaired) electrons. The lowest BCUT2D eigenvalue weighted by atomic mass is 9.63. The van der Waals surface area contributed by atoms with Gasteiger partial charge in [-0.3, -0.25) is 14.4 Å². The molecule has 3 aliphatic rings. The second-order valence-electron chi connectivity index (χ2n) is 13.6. The summed E-state index contributed by atoms with van der Waals surface area (Å²) in [5.74, 6) is -2.44. The lowest BCUT2D eigenvalue weighted by Gasteiger charge is -2.48. The van der Waals surface area contributed by atoms with E-state index < -0.39 is 32.8 Å². The quantitative estimate of drug-likeness (QED) is 0.314. The Morgan fingerprint density at radius 3 is 1.98 bits per heavy atom. The van der Waals surface area contributed by atoms with Gasteiger partial charge in [0.15, 0.2) is 17.3 Å². The molecule has 0 fully saturated rings. The van der Waals surface area contributed by atoms with Crippen LogP contribution >= 0.6 is 11.6 Å². The molecule has 0 atom stereocenters. The van der Waals surface area contributed by atoms with Crippen LogP contribution in [0.3, 0.4) is 0 Å². The van der Waals surface area contributed by atoms with Gasteiger partial charge in [-0.15, -0.1) is 0 Å². The van der Waals surface area contributed by atoms with Crippen molar-refractivity contribution in [2.45, 2.75) is 78.0 Å². The summed E-state index contributed by atoms with van der Waals surface area (Å²) < 4.78 is 37.8. The zero-order valence-corrected chi connectivity index (χ0v) is 27.9. The summed E-state index contributed by atoms with van der Waals surface area (Å²) in [5, 5.41) is 9.85. The largest absolute Gasteiger partial charge is 0.490 e. The number of allylic oxidation sites excluding steroid dienone is 4. The van der Waals surface area contributed by atoms with Crippen molar-refractivity contribution in [2.24, 2.45) is 10.8 Å². The van der Waals surface area contributed by atoms with E-state index in [1.54, 1.807) is 30.0 Å². The van der Waals surface area contributed by atoms with Crippen LogP contribution in [0.25, 0.3) is 0 Å². The number of aryl methyl sites for hydroxylation is 1. The Hall–Kier alpha value is -3.63. The highest BCUT2D eigenvalue weighted by atomic mass is 35.5. The van der Waals surface area contributed by atoms with E-state index in [2.05, 4.69) is 0 Å². The van der Waals surface area contributed by atoms with Crippen molar-refractivity contribution >= 4 is 39.3 Å². The third-order valence-corrected chi connectivity index (χ3v) is 10.00. The van der Waals surface area contributed by atoms with Crippen LogP contribution in [0.2, 0.25) is 5.02 Å². The van der Waals surface area contributed by atoms with E-state index in [0.717, 1.165) is 5.56 Å². The van der Waals surface area contributed by atoms with E-state index in [4.69, 9.17) is 20.5 Å². The Morgan fingerprint density at radius 1 is 0.956 bits per heavy atom. The minimum absolute atomic E-state index is 0.0418. The Balaban J connectivity index is 1.72. The van der Waals surface area contributed by atoms with Gasteiger partial charge in [0, 0.05) is 41.3 Å². The molecule has 2 aliphatic carbocycles. The topological polar surface area (TPSA) is 127 Å². The van der Waals surface area contributed by atoms with E-state index >= 15 is 0 Å². The first-order valence-corrected chi connectivity index (χ1v) is 16.7. The number of carbonyl (C=O) groups is 3. The maximum absolute atomic E-state index is 14.0. The zero-order chi connectivity index (χ0) is 33.1. The minimum Gasteiger partial charge on any atom is -0.490 e.